The van der Waals surface area contributed by atoms with Crippen LogP contribution < -0.4 is 10.1 Å². The third-order valence-corrected chi connectivity index (χ3v) is 3.20. The molecule has 1 amide bonds. The van der Waals surface area contributed by atoms with Gasteiger partial charge in [-0.25, -0.2) is 4.98 Å². The minimum atomic E-state index is -0.222. The minimum absolute atomic E-state index is 0.222. The van der Waals surface area contributed by atoms with Crippen LogP contribution in [-0.2, 0) is 6.54 Å². The van der Waals surface area contributed by atoms with Gasteiger partial charge in [-0.1, -0.05) is 6.92 Å². The zero-order chi connectivity index (χ0) is 16.8. The van der Waals surface area contributed by atoms with E-state index in [1.807, 2.05) is 0 Å². The first-order valence-electron chi connectivity index (χ1n) is 7.62. The maximum Gasteiger partial charge on any atom is 0.258 e. The van der Waals surface area contributed by atoms with Gasteiger partial charge in [-0.3, -0.25) is 14.5 Å². The summed E-state index contributed by atoms with van der Waals surface area (Å²) in [5, 5.41) is 6.93. The third kappa shape index (κ3) is 3.95. The van der Waals surface area contributed by atoms with Gasteiger partial charge in [-0.05, 0) is 24.6 Å². The summed E-state index contributed by atoms with van der Waals surface area (Å²) < 4.78 is 7.30. The molecule has 3 heterocycles. The van der Waals surface area contributed by atoms with Gasteiger partial charge in [-0.2, -0.15) is 5.10 Å². The number of nitrogens with zero attached hydrogens (tertiary/aromatic N) is 4. The molecule has 0 aromatic carbocycles. The standard InChI is InChI=1S/C17H17N5O2/c1-2-8-22-12-13(9-20-22)17(23)21-14-5-6-16(19-10-14)24-15-4-3-7-18-11-15/h3-7,9-12H,2,8H2,1H3,(H,21,23). The van der Waals surface area contributed by atoms with E-state index in [-0.39, 0.29) is 5.91 Å². The van der Waals surface area contributed by atoms with Crippen LogP contribution in [0.1, 0.15) is 23.7 Å². The highest BCUT2D eigenvalue weighted by Gasteiger charge is 2.09. The number of hydrogen-bond donors (Lipinski definition) is 1. The van der Waals surface area contributed by atoms with E-state index in [0.717, 1.165) is 13.0 Å². The number of nitrogens with one attached hydrogen (secondary N) is 1. The lowest BCUT2D eigenvalue weighted by atomic mass is 10.3. The summed E-state index contributed by atoms with van der Waals surface area (Å²) in [6.45, 7) is 2.84. The molecule has 1 N–H and O–H groups in total. The summed E-state index contributed by atoms with van der Waals surface area (Å²) in [6, 6.07) is 6.98. The molecule has 3 aromatic rings. The van der Waals surface area contributed by atoms with Crippen molar-refractivity contribution < 1.29 is 9.53 Å². The third-order valence-electron chi connectivity index (χ3n) is 3.20. The van der Waals surface area contributed by atoms with Gasteiger partial charge in [0.05, 0.1) is 29.8 Å². The Morgan fingerprint density at radius 3 is 2.88 bits per heavy atom. The quantitative estimate of drug-likeness (QED) is 0.753. The van der Waals surface area contributed by atoms with Crippen LogP contribution in [0.2, 0.25) is 0 Å². The van der Waals surface area contributed by atoms with E-state index in [1.165, 1.54) is 0 Å². The van der Waals surface area contributed by atoms with Crippen molar-refractivity contribution >= 4 is 11.6 Å². The molecule has 3 aromatic heterocycles. The molecule has 0 spiro atoms. The van der Waals surface area contributed by atoms with E-state index in [9.17, 15) is 4.79 Å². The molecule has 0 fully saturated rings. The van der Waals surface area contributed by atoms with Gasteiger partial charge < -0.3 is 10.1 Å². The Bertz CT molecular complexity index is 799. The second-order valence-corrected chi connectivity index (χ2v) is 5.12. The van der Waals surface area contributed by atoms with E-state index in [1.54, 1.807) is 59.9 Å². The van der Waals surface area contributed by atoms with E-state index in [0.29, 0.717) is 22.9 Å². The van der Waals surface area contributed by atoms with Crippen LogP contribution in [0, 0.1) is 0 Å². The molecular weight excluding hydrogens is 306 g/mol. The maximum absolute atomic E-state index is 12.2. The Kier molecular flexibility index (Phi) is 4.81. The lowest BCUT2D eigenvalue weighted by molar-refractivity contribution is 0.102. The van der Waals surface area contributed by atoms with Crippen LogP contribution in [-0.4, -0.2) is 25.7 Å². The Morgan fingerprint density at radius 2 is 2.17 bits per heavy atom. The summed E-state index contributed by atoms with van der Waals surface area (Å²) in [7, 11) is 0. The van der Waals surface area contributed by atoms with Gasteiger partial charge in [0.2, 0.25) is 5.88 Å². The fourth-order valence-corrected chi connectivity index (χ4v) is 2.08. The summed E-state index contributed by atoms with van der Waals surface area (Å²) in [5.41, 5.74) is 1.10. The van der Waals surface area contributed by atoms with E-state index in [4.69, 9.17) is 4.74 Å². The van der Waals surface area contributed by atoms with Gasteiger partial charge in [-0.15, -0.1) is 0 Å². The molecule has 0 unspecified atom stereocenters. The van der Waals surface area contributed by atoms with Crippen molar-refractivity contribution in [3.8, 4) is 11.6 Å². The Hall–Kier alpha value is -3.22. The van der Waals surface area contributed by atoms with E-state index >= 15 is 0 Å². The van der Waals surface area contributed by atoms with Gasteiger partial charge >= 0.3 is 0 Å². The first-order valence-corrected chi connectivity index (χ1v) is 7.62. The SMILES string of the molecule is CCCn1cc(C(=O)Nc2ccc(Oc3cccnc3)nc2)cn1. The van der Waals surface area contributed by atoms with Gasteiger partial charge in [0, 0.05) is 25.0 Å². The molecule has 0 atom stereocenters. The fraction of sp³-hybridized carbons (Fsp3) is 0.176. The molecule has 0 aliphatic carbocycles. The second-order valence-electron chi connectivity index (χ2n) is 5.12. The van der Waals surface area contributed by atoms with Crippen molar-refractivity contribution in [2.75, 3.05) is 5.32 Å². The number of carbonyl (C=O) groups excluding carboxylic acids is 1. The van der Waals surface area contributed by atoms with Crippen molar-refractivity contribution in [1.29, 1.82) is 0 Å². The number of hydrogen-bond acceptors (Lipinski definition) is 5. The minimum Gasteiger partial charge on any atom is -0.437 e. The van der Waals surface area contributed by atoms with Crippen LogP contribution >= 0.6 is 0 Å². The molecule has 24 heavy (non-hydrogen) atoms. The molecular formula is C17H17N5O2. The van der Waals surface area contributed by atoms with E-state index in [2.05, 4.69) is 27.3 Å². The zero-order valence-electron chi connectivity index (χ0n) is 13.2. The molecule has 122 valence electrons. The largest absolute Gasteiger partial charge is 0.437 e. The van der Waals surface area contributed by atoms with Gasteiger partial charge in [0.15, 0.2) is 0 Å². The maximum atomic E-state index is 12.2. The molecule has 7 heteroatoms. The monoisotopic (exact) mass is 323 g/mol. The number of amides is 1. The van der Waals surface area contributed by atoms with Gasteiger partial charge in [0.25, 0.3) is 5.91 Å². The highest BCUT2D eigenvalue weighted by molar-refractivity contribution is 6.03. The number of aryl methyl sites for hydroxylation is 1. The van der Waals surface area contributed by atoms with Crippen LogP contribution in [0.25, 0.3) is 0 Å². The first-order chi connectivity index (χ1) is 11.7. The Balaban J connectivity index is 1.62. The smallest absolute Gasteiger partial charge is 0.258 e. The van der Waals surface area contributed by atoms with Crippen LogP contribution in [0.3, 0.4) is 0 Å². The highest BCUT2D eigenvalue weighted by atomic mass is 16.5. The fourth-order valence-electron chi connectivity index (χ4n) is 2.08. The summed E-state index contributed by atoms with van der Waals surface area (Å²) in [6.07, 6.45) is 9.06. The first kappa shape index (κ1) is 15.7. The molecule has 0 bridgehead atoms. The number of aromatic nitrogens is 4. The van der Waals surface area contributed by atoms with Crippen molar-refractivity contribution in [2.45, 2.75) is 19.9 Å². The zero-order valence-corrected chi connectivity index (χ0v) is 13.2. The van der Waals surface area contributed by atoms with E-state index < -0.39 is 0 Å². The number of pyridine rings is 2. The van der Waals surface area contributed by atoms with Crippen molar-refractivity contribution in [2.24, 2.45) is 0 Å². The summed E-state index contributed by atoms with van der Waals surface area (Å²) in [5.74, 6) is 0.807. The molecule has 0 radical (unpaired) electrons. The average molecular weight is 323 g/mol. The Morgan fingerprint density at radius 1 is 1.25 bits per heavy atom. The van der Waals surface area contributed by atoms with Crippen LogP contribution in [0.4, 0.5) is 5.69 Å². The van der Waals surface area contributed by atoms with Crippen molar-refractivity contribution in [3.63, 3.8) is 0 Å². The highest BCUT2D eigenvalue weighted by Crippen LogP contribution is 2.19. The normalized spacial score (nSPS) is 10.4. The predicted octanol–water partition coefficient (Wildman–Crippen LogP) is 3.13. The van der Waals surface area contributed by atoms with Crippen LogP contribution in [0.15, 0.2) is 55.2 Å². The lowest BCUT2D eigenvalue weighted by Crippen LogP contribution is -2.11. The molecule has 0 aliphatic heterocycles. The second kappa shape index (κ2) is 7.36. The summed E-state index contributed by atoms with van der Waals surface area (Å²) in [4.78, 5) is 20.3. The number of rotatable bonds is 6. The molecule has 0 saturated heterocycles. The average Bonchev–Trinajstić information content (AvgIpc) is 3.07. The molecule has 0 saturated carbocycles. The molecule has 0 aliphatic rings. The topological polar surface area (TPSA) is 81.9 Å². The summed E-state index contributed by atoms with van der Waals surface area (Å²) >= 11 is 0. The number of carbonyl (C=O) groups is 1. The molecule has 3 rings (SSSR count). The van der Waals surface area contributed by atoms with Crippen LogP contribution in [0.5, 0.6) is 11.6 Å². The Labute approximate surface area is 139 Å². The van der Waals surface area contributed by atoms with Crippen molar-refractivity contribution in [3.05, 3.63) is 60.8 Å². The van der Waals surface area contributed by atoms with Crippen molar-refractivity contribution in [1.82, 2.24) is 19.7 Å². The predicted molar refractivity (Wildman–Crippen MR) is 89.0 cm³/mol. The van der Waals surface area contributed by atoms with Gasteiger partial charge in [0.1, 0.15) is 5.75 Å². The lowest BCUT2D eigenvalue weighted by Gasteiger charge is -2.06. The molecule has 7 nitrogen and oxygen atoms in total. The number of ether oxygens (including phenoxy) is 1. The number of anilines is 1.